The zero-order valence-electron chi connectivity index (χ0n) is 21.3. The van der Waals surface area contributed by atoms with Crippen LogP contribution in [0.1, 0.15) is 79.3 Å². The average Bonchev–Trinajstić information content (AvgIpc) is 3.43. The number of hydrogen-bond donors (Lipinski definition) is 3. The first-order chi connectivity index (χ1) is 18.2. The van der Waals surface area contributed by atoms with Crippen molar-refractivity contribution in [2.75, 3.05) is 23.9 Å². The number of fused-ring (bicyclic) bond motifs is 2. The number of nitrogens with zero attached hydrogens (tertiary/aromatic N) is 2. The second-order valence-corrected chi connectivity index (χ2v) is 11.7. The molecule has 10 heteroatoms. The average molecular weight is 546 g/mol. The standard InChI is InChI=1S/C28H27N5O3S2/c1-13(2)19-17(12-29)24(31)32-27-21(19)22(30)23(38-27)25(34)33-26-20(28(35)36-3)16-10-9-15(11-18(16)37-26)14-7-5-4-6-8-14/h4-8,13,15H,9-11,30H2,1-3H3,(H2,31,32)(H,33,34). The van der Waals surface area contributed by atoms with E-state index in [9.17, 15) is 14.9 Å². The number of anilines is 3. The van der Waals surface area contributed by atoms with Crippen LogP contribution in [0.4, 0.5) is 16.5 Å². The van der Waals surface area contributed by atoms with E-state index in [-0.39, 0.29) is 27.9 Å². The fourth-order valence-electron chi connectivity index (χ4n) is 5.22. The molecule has 38 heavy (non-hydrogen) atoms. The normalized spacial score (nSPS) is 14.8. The van der Waals surface area contributed by atoms with Gasteiger partial charge in [-0.1, -0.05) is 44.2 Å². The van der Waals surface area contributed by atoms with E-state index in [1.165, 1.54) is 24.0 Å². The highest BCUT2D eigenvalue weighted by Crippen LogP contribution is 2.44. The van der Waals surface area contributed by atoms with Gasteiger partial charge in [-0.05, 0) is 47.8 Å². The largest absolute Gasteiger partial charge is 0.465 e. The Bertz CT molecular complexity index is 1620. The van der Waals surface area contributed by atoms with Gasteiger partial charge in [-0.15, -0.1) is 22.7 Å². The van der Waals surface area contributed by atoms with E-state index in [0.29, 0.717) is 38.7 Å². The van der Waals surface area contributed by atoms with Gasteiger partial charge in [0.05, 0.1) is 23.9 Å². The summed E-state index contributed by atoms with van der Waals surface area (Å²) >= 11 is 2.53. The molecular weight excluding hydrogens is 518 g/mol. The number of carbonyl (C=O) groups is 2. The molecule has 4 aromatic rings. The molecule has 0 aliphatic heterocycles. The molecule has 1 amide bonds. The number of carbonyl (C=O) groups excluding carboxylic acids is 2. The van der Waals surface area contributed by atoms with Gasteiger partial charge in [0.2, 0.25) is 0 Å². The molecule has 0 saturated heterocycles. The van der Waals surface area contributed by atoms with Crippen LogP contribution in [0.5, 0.6) is 0 Å². The van der Waals surface area contributed by atoms with Crippen LogP contribution in [-0.2, 0) is 17.6 Å². The molecule has 1 aromatic carbocycles. The van der Waals surface area contributed by atoms with Crippen molar-refractivity contribution in [3.8, 4) is 6.07 Å². The molecule has 1 aliphatic carbocycles. The summed E-state index contributed by atoms with van der Waals surface area (Å²) < 4.78 is 5.09. The maximum atomic E-state index is 13.5. The molecule has 0 saturated carbocycles. The molecule has 3 aromatic heterocycles. The van der Waals surface area contributed by atoms with Gasteiger partial charge in [0.15, 0.2) is 0 Å². The number of nitriles is 1. The van der Waals surface area contributed by atoms with Crippen molar-refractivity contribution in [3.05, 3.63) is 67.9 Å². The SMILES string of the molecule is COC(=O)c1c(NC(=O)c2sc3nc(N)c(C#N)c(C(C)C)c3c2N)sc2c1CCC(c1ccccc1)C2. The van der Waals surface area contributed by atoms with Crippen molar-refractivity contribution in [1.82, 2.24) is 4.98 Å². The summed E-state index contributed by atoms with van der Waals surface area (Å²) in [5.41, 5.74) is 16.3. The van der Waals surface area contributed by atoms with E-state index in [1.807, 2.05) is 32.0 Å². The monoisotopic (exact) mass is 545 g/mol. The highest BCUT2D eigenvalue weighted by atomic mass is 32.1. The second kappa shape index (κ2) is 10.1. The van der Waals surface area contributed by atoms with Crippen molar-refractivity contribution >= 4 is 61.3 Å². The smallest absolute Gasteiger partial charge is 0.341 e. The van der Waals surface area contributed by atoms with Crippen molar-refractivity contribution in [1.29, 1.82) is 5.26 Å². The Kier molecular flexibility index (Phi) is 6.82. The molecule has 1 atom stereocenters. The number of rotatable bonds is 5. The Balaban J connectivity index is 1.53. The Morgan fingerprint density at radius 1 is 1.21 bits per heavy atom. The summed E-state index contributed by atoms with van der Waals surface area (Å²) in [5.74, 6) is -0.521. The third-order valence-corrected chi connectivity index (χ3v) is 9.26. The van der Waals surface area contributed by atoms with E-state index in [0.717, 1.165) is 34.6 Å². The lowest BCUT2D eigenvalue weighted by molar-refractivity contribution is 0.0601. The molecule has 0 radical (unpaired) electrons. The van der Waals surface area contributed by atoms with Gasteiger partial charge in [-0.2, -0.15) is 5.26 Å². The highest BCUT2D eigenvalue weighted by Gasteiger charge is 2.32. The van der Waals surface area contributed by atoms with E-state index < -0.39 is 11.9 Å². The Labute approximate surface area is 228 Å². The zero-order chi connectivity index (χ0) is 27.1. The second-order valence-electron chi connectivity index (χ2n) is 9.58. The first kappa shape index (κ1) is 25.7. The fourth-order valence-corrected chi connectivity index (χ4v) is 7.55. The van der Waals surface area contributed by atoms with Gasteiger partial charge in [0.25, 0.3) is 5.91 Å². The first-order valence-electron chi connectivity index (χ1n) is 12.3. The summed E-state index contributed by atoms with van der Waals surface area (Å²) in [4.78, 5) is 32.5. The number of benzene rings is 1. The van der Waals surface area contributed by atoms with Crippen LogP contribution in [-0.4, -0.2) is 24.0 Å². The molecule has 8 nitrogen and oxygen atoms in total. The summed E-state index contributed by atoms with van der Waals surface area (Å²) in [6, 6.07) is 12.4. The molecule has 1 aliphatic rings. The van der Waals surface area contributed by atoms with Crippen LogP contribution < -0.4 is 16.8 Å². The van der Waals surface area contributed by atoms with E-state index in [1.54, 1.807) is 0 Å². The number of nitrogen functional groups attached to an aromatic ring is 2. The molecule has 0 fully saturated rings. The summed E-state index contributed by atoms with van der Waals surface area (Å²) in [6.07, 6.45) is 2.40. The fraction of sp³-hybridized carbons (Fsp3) is 0.286. The lowest BCUT2D eigenvalue weighted by Gasteiger charge is -2.22. The molecule has 5 rings (SSSR count). The van der Waals surface area contributed by atoms with Gasteiger partial charge in [0, 0.05) is 10.3 Å². The molecule has 5 N–H and O–H groups in total. The molecule has 1 unspecified atom stereocenters. The van der Waals surface area contributed by atoms with Gasteiger partial charge >= 0.3 is 5.97 Å². The third-order valence-electron chi connectivity index (χ3n) is 6.99. The van der Waals surface area contributed by atoms with Gasteiger partial charge in [-0.3, -0.25) is 4.79 Å². The van der Waals surface area contributed by atoms with Crippen molar-refractivity contribution in [3.63, 3.8) is 0 Å². The predicted octanol–water partition coefficient (Wildman–Crippen LogP) is 5.83. The predicted molar refractivity (Wildman–Crippen MR) is 152 cm³/mol. The van der Waals surface area contributed by atoms with Crippen LogP contribution >= 0.6 is 22.7 Å². The Morgan fingerprint density at radius 2 is 1.95 bits per heavy atom. The highest BCUT2D eigenvalue weighted by molar-refractivity contribution is 7.21. The zero-order valence-corrected chi connectivity index (χ0v) is 22.9. The van der Waals surface area contributed by atoms with Crippen LogP contribution in [0.25, 0.3) is 10.2 Å². The number of hydrogen-bond acceptors (Lipinski definition) is 9. The summed E-state index contributed by atoms with van der Waals surface area (Å²) in [5, 5.41) is 13.6. The lowest BCUT2D eigenvalue weighted by Crippen LogP contribution is -2.16. The topological polar surface area (TPSA) is 144 Å². The van der Waals surface area contributed by atoms with Crippen molar-refractivity contribution in [2.24, 2.45) is 0 Å². The lowest BCUT2D eigenvalue weighted by atomic mass is 9.83. The van der Waals surface area contributed by atoms with Crippen LogP contribution in [0.2, 0.25) is 0 Å². The minimum absolute atomic E-state index is 0.0576. The number of aromatic nitrogens is 1. The number of amides is 1. The minimum Gasteiger partial charge on any atom is -0.465 e. The van der Waals surface area contributed by atoms with E-state index in [2.05, 4.69) is 28.5 Å². The number of pyridine rings is 1. The van der Waals surface area contributed by atoms with Gasteiger partial charge < -0.3 is 21.5 Å². The van der Waals surface area contributed by atoms with E-state index in [4.69, 9.17) is 16.2 Å². The minimum atomic E-state index is -0.476. The molecule has 0 spiro atoms. The van der Waals surface area contributed by atoms with Gasteiger partial charge in [-0.25, -0.2) is 9.78 Å². The molecule has 3 heterocycles. The Hall–Kier alpha value is -3.94. The maximum Gasteiger partial charge on any atom is 0.341 e. The number of esters is 1. The number of methoxy groups -OCH3 is 1. The molecule has 194 valence electrons. The first-order valence-corrected chi connectivity index (χ1v) is 13.9. The quantitative estimate of drug-likeness (QED) is 0.268. The van der Waals surface area contributed by atoms with Crippen LogP contribution in [0.15, 0.2) is 30.3 Å². The summed E-state index contributed by atoms with van der Waals surface area (Å²) in [7, 11) is 1.34. The third kappa shape index (κ3) is 4.27. The number of nitrogens with two attached hydrogens (primary N) is 2. The van der Waals surface area contributed by atoms with Gasteiger partial charge in [0.1, 0.15) is 26.6 Å². The molecule has 0 bridgehead atoms. The number of ether oxygens (including phenoxy) is 1. The van der Waals surface area contributed by atoms with Crippen molar-refractivity contribution in [2.45, 2.75) is 44.9 Å². The number of nitrogens with one attached hydrogen (secondary N) is 1. The van der Waals surface area contributed by atoms with Crippen molar-refractivity contribution < 1.29 is 14.3 Å². The number of thiophene rings is 2. The van der Waals surface area contributed by atoms with E-state index >= 15 is 0 Å². The Morgan fingerprint density at radius 3 is 2.61 bits per heavy atom. The summed E-state index contributed by atoms with van der Waals surface area (Å²) in [6.45, 7) is 3.88. The maximum absolute atomic E-state index is 13.5. The van der Waals surface area contributed by atoms with Crippen LogP contribution in [0.3, 0.4) is 0 Å². The van der Waals surface area contributed by atoms with Crippen LogP contribution in [0, 0.1) is 11.3 Å². The molecular formula is C28H27N5O3S2.